The number of allylic oxidation sites excluding steroid dienone is 5. The van der Waals surface area contributed by atoms with Crippen LogP contribution in [-0.2, 0) is 0 Å². The van der Waals surface area contributed by atoms with Crippen molar-refractivity contribution < 1.29 is 8.78 Å². The maximum atomic E-state index is 12.1. The minimum atomic E-state index is -0.568. The van der Waals surface area contributed by atoms with Gasteiger partial charge in [0.15, 0.2) is 0 Å². The van der Waals surface area contributed by atoms with Crippen LogP contribution >= 0.6 is 22.6 Å². The van der Waals surface area contributed by atoms with E-state index in [0.717, 1.165) is 6.08 Å². The van der Waals surface area contributed by atoms with E-state index in [-0.39, 0.29) is 5.83 Å². The summed E-state index contributed by atoms with van der Waals surface area (Å²) in [6, 6.07) is 0. The molecule has 0 unspecified atom stereocenters. The molecule has 0 rings (SSSR count). The Morgan fingerprint density at radius 1 is 1.40 bits per heavy atom. The van der Waals surface area contributed by atoms with E-state index in [1.807, 2.05) is 22.6 Å². The van der Waals surface area contributed by atoms with Gasteiger partial charge < -0.3 is 0 Å². The van der Waals surface area contributed by atoms with Gasteiger partial charge in [-0.15, -0.1) is 0 Å². The monoisotopic (exact) mass is 256 g/mol. The molecule has 0 aliphatic carbocycles. The largest absolute Gasteiger partial charge is 0.212 e. The Kier molecular flexibility index (Phi) is 4.51. The van der Waals surface area contributed by atoms with E-state index in [2.05, 4.69) is 6.58 Å². The number of rotatable bonds is 2. The molecule has 0 aromatic rings. The summed E-state index contributed by atoms with van der Waals surface area (Å²) >= 11 is 1.82. The molecule has 0 saturated carbocycles. The molecule has 0 atom stereocenters. The van der Waals surface area contributed by atoms with Crippen molar-refractivity contribution in [2.24, 2.45) is 0 Å². The Hall–Kier alpha value is -0.190. The highest BCUT2D eigenvalue weighted by atomic mass is 127. The van der Waals surface area contributed by atoms with Gasteiger partial charge in [0.2, 0.25) is 0 Å². The minimum absolute atomic E-state index is 0.345. The highest BCUT2D eigenvalue weighted by Gasteiger charge is 1.89. The molecule has 0 heterocycles. The Labute approximate surface area is 72.5 Å². The van der Waals surface area contributed by atoms with Crippen LogP contribution in [0.4, 0.5) is 8.78 Å². The van der Waals surface area contributed by atoms with Crippen molar-refractivity contribution in [3.05, 3.63) is 34.0 Å². The van der Waals surface area contributed by atoms with Gasteiger partial charge in [0.25, 0.3) is 0 Å². The van der Waals surface area contributed by atoms with Gasteiger partial charge in [-0.25, -0.2) is 8.78 Å². The second-order valence-electron chi connectivity index (χ2n) is 1.71. The molecule has 0 spiro atoms. The van der Waals surface area contributed by atoms with E-state index in [4.69, 9.17) is 0 Å². The molecule has 0 fully saturated rings. The fourth-order valence-electron chi connectivity index (χ4n) is 0.381. The third kappa shape index (κ3) is 5.94. The topological polar surface area (TPSA) is 0 Å². The summed E-state index contributed by atoms with van der Waals surface area (Å²) < 4.78 is 24.5. The van der Waals surface area contributed by atoms with Crippen LogP contribution in [0.2, 0.25) is 0 Å². The summed E-state index contributed by atoms with van der Waals surface area (Å²) in [5, 5.41) is 0. The highest BCUT2D eigenvalue weighted by molar-refractivity contribution is 14.1. The maximum Gasteiger partial charge on any atom is 0.117 e. The van der Waals surface area contributed by atoms with Gasteiger partial charge in [0.1, 0.15) is 5.83 Å². The molecule has 56 valence electrons. The van der Waals surface area contributed by atoms with Gasteiger partial charge in [-0.2, -0.15) is 0 Å². The third-order valence-corrected chi connectivity index (χ3v) is 1.25. The molecule has 0 bridgehead atoms. The van der Waals surface area contributed by atoms with Gasteiger partial charge in [0.05, 0.1) is 5.83 Å². The van der Waals surface area contributed by atoms with Crippen molar-refractivity contribution in [3.63, 3.8) is 0 Å². The molecule has 0 radical (unpaired) electrons. The third-order valence-electron chi connectivity index (χ3n) is 0.631. The number of hydrogen-bond donors (Lipinski definition) is 0. The minimum Gasteiger partial charge on any atom is -0.212 e. The van der Waals surface area contributed by atoms with E-state index in [0.29, 0.717) is 3.58 Å². The first-order chi connectivity index (χ1) is 4.52. The average Bonchev–Trinajstić information content (AvgIpc) is 1.58. The molecule has 0 aliphatic heterocycles. The first-order valence-electron chi connectivity index (χ1n) is 2.58. The first-order valence-corrected chi connectivity index (χ1v) is 3.65. The molecule has 0 aromatic carbocycles. The van der Waals surface area contributed by atoms with E-state index >= 15 is 0 Å². The van der Waals surface area contributed by atoms with Crippen molar-refractivity contribution in [2.75, 3.05) is 0 Å². The molecular weight excluding hydrogens is 249 g/mol. The van der Waals surface area contributed by atoms with Crippen LogP contribution in [0.5, 0.6) is 0 Å². The Morgan fingerprint density at radius 2 is 1.90 bits per heavy atom. The van der Waals surface area contributed by atoms with Crippen molar-refractivity contribution in [1.29, 1.82) is 0 Å². The fraction of sp³-hybridized carbons (Fsp3) is 0.143. The van der Waals surface area contributed by atoms with E-state index in [9.17, 15) is 8.78 Å². The average molecular weight is 256 g/mol. The zero-order valence-corrected chi connectivity index (χ0v) is 7.65. The van der Waals surface area contributed by atoms with E-state index < -0.39 is 5.83 Å². The van der Waals surface area contributed by atoms with Crippen molar-refractivity contribution in [3.8, 4) is 0 Å². The lowest BCUT2D eigenvalue weighted by Gasteiger charge is -1.86. The van der Waals surface area contributed by atoms with Gasteiger partial charge in [-0.3, -0.25) is 0 Å². The molecule has 0 N–H and O–H groups in total. The van der Waals surface area contributed by atoms with Gasteiger partial charge in [-0.05, 0) is 41.7 Å². The predicted octanol–water partition coefficient (Wildman–Crippen LogP) is 3.66. The molecule has 0 aromatic heterocycles. The maximum absolute atomic E-state index is 12.1. The van der Waals surface area contributed by atoms with Crippen molar-refractivity contribution in [1.82, 2.24) is 0 Å². The quantitative estimate of drug-likeness (QED) is 0.522. The van der Waals surface area contributed by atoms with Crippen LogP contribution in [0.25, 0.3) is 0 Å². The summed E-state index contributed by atoms with van der Waals surface area (Å²) in [5.41, 5.74) is 0. The van der Waals surface area contributed by atoms with Crippen molar-refractivity contribution in [2.45, 2.75) is 6.92 Å². The molecule has 0 amide bonds. The van der Waals surface area contributed by atoms with Crippen LogP contribution in [0, 0.1) is 0 Å². The molecule has 0 aliphatic rings. The van der Waals surface area contributed by atoms with Crippen LogP contribution in [-0.4, -0.2) is 0 Å². The summed E-state index contributed by atoms with van der Waals surface area (Å²) in [6.07, 6.45) is 2.38. The van der Waals surface area contributed by atoms with Crippen molar-refractivity contribution >= 4 is 22.6 Å². The lowest BCUT2D eigenvalue weighted by molar-refractivity contribution is 0.640. The predicted molar refractivity (Wildman–Crippen MR) is 47.2 cm³/mol. The normalized spacial score (nSPS) is 13.6. The smallest absolute Gasteiger partial charge is 0.117 e. The van der Waals surface area contributed by atoms with Crippen LogP contribution in [0.3, 0.4) is 0 Å². The van der Waals surface area contributed by atoms with Gasteiger partial charge >= 0.3 is 0 Å². The summed E-state index contributed by atoms with van der Waals surface area (Å²) in [7, 11) is 0. The zero-order valence-electron chi connectivity index (χ0n) is 5.50. The summed E-state index contributed by atoms with van der Waals surface area (Å²) in [4.78, 5) is 0. The molecule has 0 saturated heterocycles. The lowest BCUT2D eigenvalue weighted by atomic mass is 10.4. The molecular formula is C7H7F2I. The first kappa shape index (κ1) is 9.81. The van der Waals surface area contributed by atoms with Crippen LogP contribution in [0.1, 0.15) is 6.92 Å². The Balaban J connectivity index is 4.22. The van der Waals surface area contributed by atoms with E-state index in [1.54, 1.807) is 0 Å². The molecule has 3 heteroatoms. The molecule has 0 nitrogen and oxygen atoms in total. The Morgan fingerprint density at radius 3 is 2.20 bits per heavy atom. The zero-order chi connectivity index (χ0) is 8.15. The summed E-state index contributed by atoms with van der Waals surface area (Å²) in [5.74, 6) is -0.913. The number of halogens is 3. The molecule has 10 heavy (non-hydrogen) atoms. The highest BCUT2D eigenvalue weighted by Crippen LogP contribution is 2.13. The van der Waals surface area contributed by atoms with Gasteiger partial charge in [0, 0.05) is 3.58 Å². The van der Waals surface area contributed by atoms with Crippen LogP contribution < -0.4 is 0 Å². The Bertz CT molecular complexity index is 188. The standard InChI is InChI=1S/C7H7F2I/c1-5(8)3-7(10)4-6(2)9/h3-4H,1H2,2H3/b6-4+,7-3+. The number of hydrogen-bond acceptors (Lipinski definition) is 0. The SMILES string of the molecule is C=C(F)/C=C(I)\C=C(/C)F. The lowest BCUT2D eigenvalue weighted by Crippen LogP contribution is -1.66. The van der Waals surface area contributed by atoms with Gasteiger partial charge in [-0.1, -0.05) is 6.58 Å². The van der Waals surface area contributed by atoms with E-state index in [1.165, 1.54) is 13.0 Å². The van der Waals surface area contributed by atoms with Crippen LogP contribution in [0.15, 0.2) is 34.0 Å². The second kappa shape index (κ2) is 4.60. The summed E-state index contributed by atoms with van der Waals surface area (Å²) in [6.45, 7) is 4.30. The second-order valence-corrected chi connectivity index (χ2v) is 2.95. The fourth-order valence-corrected chi connectivity index (χ4v) is 1.15.